The first kappa shape index (κ1) is 14.7. The fraction of sp³-hybridized carbons (Fsp3) is 0.533. The minimum atomic E-state index is 0.0270. The standard InChI is InChI=1S/C15H24N2O/c1-4-5-10-16-11-15(18)17-14-9-7-6-8-13(14)12(2)3/h6-9,12,16H,4-5,10-11H2,1-3H3,(H,17,18). The highest BCUT2D eigenvalue weighted by atomic mass is 16.1. The van der Waals surface area contributed by atoms with Gasteiger partial charge in [0, 0.05) is 5.69 Å². The van der Waals surface area contributed by atoms with Crippen LogP contribution in [0.25, 0.3) is 0 Å². The third-order valence-corrected chi connectivity index (χ3v) is 2.85. The second kappa shape index (κ2) is 7.88. The number of carbonyl (C=O) groups is 1. The summed E-state index contributed by atoms with van der Waals surface area (Å²) < 4.78 is 0. The van der Waals surface area contributed by atoms with E-state index in [4.69, 9.17) is 0 Å². The summed E-state index contributed by atoms with van der Waals surface area (Å²) in [5, 5.41) is 6.11. The molecule has 0 spiro atoms. The van der Waals surface area contributed by atoms with E-state index in [1.807, 2.05) is 18.2 Å². The van der Waals surface area contributed by atoms with Crippen molar-refractivity contribution in [1.82, 2.24) is 5.32 Å². The Morgan fingerprint density at radius 3 is 2.67 bits per heavy atom. The van der Waals surface area contributed by atoms with Crippen LogP contribution in [-0.2, 0) is 4.79 Å². The first-order valence-corrected chi connectivity index (χ1v) is 6.74. The molecule has 0 radical (unpaired) electrons. The molecule has 100 valence electrons. The molecule has 0 heterocycles. The Bertz CT molecular complexity index is 375. The molecular weight excluding hydrogens is 224 g/mol. The highest BCUT2D eigenvalue weighted by Crippen LogP contribution is 2.23. The van der Waals surface area contributed by atoms with Gasteiger partial charge in [0.2, 0.25) is 5.91 Å². The number of unbranched alkanes of at least 4 members (excludes halogenated alkanes) is 1. The number of anilines is 1. The van der Waals surface area contributed by atoms with Crippen LogP contribution in [0.15, 0.2) is 24.3 Å². The maximum atomic E-state index is 11.8. The Kier molecular flexibility index (Phi) is 6.44. The van der Waals surface area contributed by atoms with Crippen molar-refractivity contribution in [2.75, 3.05) is 18.4 Å². The van der Waals surface area contributed by atoms with Crippen molar-refractivity contribution in [3.63, 3.8) is 0 Å². The SMILES string of the molecule is CCCCNCC(=O)Nc1ccccc1C(C)C. The Hall–Kier alpha value is -1.35. The van der Waals surface area contributed by atoms with Crippen LogP contribution in [0.2, 0.25) is 0 Å². The van der Waals surface area contributed by atoms with Gasteiger partial charge in [-0.3, -0.25) is 4.79 Å². The highest BCUT2D eigenvalue weighted by molar-refractivity contribution is 5.93. The lowest BCUT2D eigenvalue weighted by molar-refractivity contribution is -0.115. The first-order chi connectivity index (χ1) is 8.65. The molecule has 0 fully saturated rings. The zero-order valence-corrected chi connectivity index (χ0v) is 11.6. The van der Waals surface area contributed by atoms with Crippen LogP contribution in [0.1, 0.15) is 45.1 Å². The molecule has 1 rings (SSSR count). The lowest BCUT2D eigenvalue weighted by atomic mass is 10.0. The average molecular weight is 248 g/mol. The van der Waals surface area contributed by atoms with E-state index in [0.717, 1.165) is 25.1 Å². The largest absolute Gasteiger partial charge is 0.325 e. The number of rotatable bonds is 7. The van der Waals surface area contributed by atoms with E-state index < -0.39 is 0 Å². The van der Waals surface area contributed by atoms with Gasteiger partial charge in [-0.15, -0.1) is 0 Å². The van der Waals surface area contributed by atoms with E-state index >= 15 is 0 Å². The summed E-state index contributed by atoms with van der Waals surface area (Å²) in [5.41, 5.74) is 2.11. The molecular formula is C15H24N2O. The van der Waals surface area contributed by atoms with Crippen molar-refractivity contribution in [2.24, 2.45) is 0 Å². The lowest BCUT2D eigenvalue weighted by Crippen LogP contribution is -2.29. The normalized spacial score (nSPS) is 10.7. The Morgan fingerprint density at radius 2 is 2.00 bits per heavy atom. The molecule has 3 nitrogen and oxygen atoms in total. The van der Waals surface area contributed by atoms with Gasteiger partial charge in [-0.25, -0.2) is 0 Å². The maximum Gasteiger partial charge on any atom is 0.238 e. The molecule has 1 amide bonds. The second-order valence-electron chi connectivity index (χ2n) is 4.82. The molecule has 1 aromatic carbocycles. The molecule has 0 unspecified atom stereocenters. The third kappa shape index (κ3) is 4.88. The Balaban J connectivity index is 2.49. The molecule has 2 N–H and O–H groups in total. The van der Waals surface area contributed by atoms with E-state index in [1.165, 1.54) is 5.56 Å². The third-order valence-electron chi connectivity index (χ3n) is 2.85. The number of nitrogens with one attached hydrogen (secondary N) is 2. The number of benzene rings is 1. The summed E-state index contributed by atoms with van der Waals surface area (Å²) in [5.74, 6) is 0.439. The van der Waals surface area contributed by atoms with Gasteiger partial charge >= 0.3 is 0 Å². The molecule has 0 aromatic heterocycles. The number of hydrogen-bond acceptors (Lipinski definition) is 2. The van der Waals surface area contributed by atoms with Crippen LogP contribution >= 0.6 is 0 Å². The van der Waals surface area contributed by atoms with Crippen molar-refractivity contribution in [1.29, 1.82) is 0 Å². The summed E-state index contributed by atoms with van der Waals surface area (Å²) >= 11 is 0. The van der Waals surface area contributed by atoms with Crippen molar-refractivity contribution >= 4 is 11.6 Å². The fourth-order valence-corrected chi connectivity index (χ4v) is 1.81. The van der Waals surface area contributed by atoms with Gasteiger partial charge in [0.25, 0.3) is 0 Å². The van der Waals surface area contributed by atoms with E-state index in [-0.39, 0.29) is 5.91 Å². The van der Waals surface area contributed by atoms with E-state index in [1.54, 1.807) is 0 Å². The number of amides is 1. The molecule has 0 aliphatic carbocycles. The highest BCUT2D eigenvalue weighted by Gasteiger charge is 2.08. The fourth-order valence-electron chi connectivity index (χ4n) is 1.81. The van der Waals surface area contributed by atoms with E-state index in [0.29, 0.717) is 12.5 Å². The average Bonchev–Trinajstić information content (AvgIpc) is 2.35. The molecule has 1 aromatic rings. The van der Waals surface area contributed by atoms with Crippen molar-refractivity contribution in [3.05, 3.63) is 29.8 Å². The van der Waals surface area contributed by atoms with Crippen LogP contribution in [0, 0.1) is 0 Å². The predicted molar refractivity (Wildman–Crippen MR) is 76.9 cm³/mol. The quantitative estimate of drug-likeness (QED) is 0.728. The molecule has 0 aliphatic rings. The van der Waals surface area contributed by atoms with Gasteiger partial charge in [-0.05, 0) is 30.5 Å². The number of hydrogen-bond donors (Lipinski definition) is 2. The monoisotopic (exact) mass is 248 g/mol. The molecule has 0 aliphatic heterocycles. The predicted octanol–water partition coefficient (Wildman–Crippen LogP) is 3.14. The maximum absolute atomic E-state index is 11.8. The van der Waals surface area contributed by atoms with Gasteiger partial charge < -0.3 is 10.6 Å². The van der Waals surface area contributed by atoms with Gasteiger partial charge in [-0.2, -0.15) is 0 Å². The summed E-state index contributed by atoms with van der Waals surface area (Å²) in [6.45, 7) is 7.68. The van der Waals surface area contributed by atoms with Crippen molar-refractivity contribution in [3.8, 4) is 0 Å². The minimum absolute atomic E-state index is 0.0270. The number of para-hydroxylation sites is 1. The van der Waals surface area contributed by atoms with Crippen LogP contribution in [0.5, 0.6) is 0 Å². The zero-order chi connectivity index (χ0) is 13.4. The first-order valence-electron chi connectivity index (χ1n) is 6.74. The molecule has 0 atom stereocenters. The van der Waals surface area contributed by atoms with Crippen LogP contribution in [0.4, 0.5) is 5.69 Å². The summed E-state index contributed by atoms with van der Waals surface area (Å²) in [6.07, 6.45) is 2.25. The van der Waals surface area contributed by atoms with Crippen LogP contribution in [-0.4, -0.2) is 19.0 Å². The van der Waals surface area contributed by atoms with Gasteiger partial charge in [0.1, 0.15) is 0 Å². The molecule has 0 saturated carbocycles. The molecule has 3 heteroatoms. The topological polar surface area (TPSA) is 41.1 Å². The van der Waals surface area contributed by atoms with Gasteiger partial charge in [0.05, 0.1) is 6.54 Å². The van der Waals surface area contributed by atoms with E-state index in [2.05, 4.69) is 37.5 Å². The second-order valence-corrected chi connectivity index (χ2v) is 4.82. The van der Waals surface area contributed by atoms with Crippen LogP contribution in [0.3, 0.4) is 0 Å². The molecule has 18 heavy (non-hydrogen) atoms. The van der Waals surface area contributed by atoms with Gasteiger partial charge in [-0.1, -0.05) is 45.4 Å². The summed E-state index contributed by atoms with van der Waals surface area (Å²) in [6, 6.07) is 7.97. The Labute approximate surface area is 110 Å². The van der Waals surface area contributed by atoms with E-state index in [9.17, 15) is 4.79 Å². The summed E-state index contributed by atoms with van der Waals surface area (Å²) in [7, 11) is 0. The zero-order valence-electron chi connectivity index (χ0n) is 11.6. The number of carbonyl (C=O) groups excluding carboxylic acids is 1. The molecule has 0 saturated heterocycles. The van der Waals surface area contributed by atoms with Crippen molar-refractivity contribution < 1.29 is 4.79 Å². The van der Waals surface area contributed by atoms with Gasteiger partial charge in [0.15, 0.2) is 0 Å². The Morgan fingerprint density at radius 1 is 1.28 bits per heavy atom. The van der Waals surface area contributed by atoms with Crippen LogP contribution < -0.4 is 10.6 Å². The summed E-state index contributed by atoms with van der Waals surface area (Å²) in [4.78, 5) is 11.8. The minimum Gasteiger partial charge on any atom is -0.325 e. The smallest absolute Gasteiger partial charge is 0.238 e. The van der Waals surface area contributed by atoms with Crippen molar-refractivity contribution in [2.45, 2.75) is 39.5 Å². The molecule has 0 bridgehead atoms. The lowest BCUT2D eigenvalue weighted by Gasteiger charge is -2.13.